The lowest BCUT2D eigenvalue weighted by molar-refractivity contribution is -0.386. The molecule has 0 N–H and O–H groups in total. The highest BCUT2D eigenvalue weighted by molar-refractivity contribution is 7.13. The van der Waals surface area contributed by atoms with Crippen molar-refractivity contribution in [2.24, 2.45) is 0 Å². The quantitative estimate of drug-likeness (QED) is 0.504. The van der Waals surface area contributed by atoms with Crippen LogP contribution >= 0.6 is 11.3 Å². The number of rotatable bonds is 6. The van der Waals surface area contributed by atoms with Crippen LogP contribution in [0.5, 0.6) is 11.5 Å². The summed E-state index contributed by atoms with van der Waals surface area (Å²) in [6, 6.07) is 8.08. The van der Waals surface area contributed by atoms with Crippen LogP contribution in [0.1, 0.15) is 5.82 Å². The van der Waals surface area contributed by atoms with Crippen molar-refractivity contribution in [2.75, 3.05) is 7.11 Å². The van der Waals surface area contributed by atoms with Crippen molar-refractivity contribution >= 4 is 17.0 Å². The van der Waals surface area contributed by atoms with Crippen LogP contribution in [0.25, 0.3) is 10.8 Å². The summed E-state index contributed by atoms with van der Waals surface area (Å²) in [5, 5.41) is 16.8. The normalized spacial score (nSPS) is 10.5. The summed E-state index contributed by atoms with van der Waals surface area (Å²) in [5.41, 5.74) is -0.189. The Balaban J connectivity index is 1.74. The molecule has 0 aliphatic carbocycles. The predicted molar refractivity (Wildman–Crippen MR) is 81.6 cm³/mol. The Kier molecular flexibility index (Phi) is 4.20. The molecule has 0 aliphatic rings. The monoisotopic (exact) mass is 333 g/mol. The van der Waals surface area contributed by atoms with Gasteiger partial charge in [0.05, 0.1) is 23.0 Å². The molecule has 9 heteroatoms. The molecule has 23 heavy (non-hydrogen) atoms. The zero-order valence-corrected chi connectivity index (χ0v) is 12.8. The first-order valence-electron chi connectivity index (χ1n) is 6.49. The third kappa shape index (κ3) is 3.29. The van der Waals surface area contributed by atoms with Crippen LogP contribution < -0.4 is 9.47 Å². The molecule has 0 saturated carbocycles. The number of benzene rings is 1. The number of ether oxygens (including phenoxy) is 2. The van der Waals surface area contributed by atoms with Crippen LogP contribution in [0.2, 0.25) is 0 Å². The van der Waals surface area contributed by atoms with Crippen molar-refractivity contribution in [1.82, 2.24) is 10.1 Å². The SMILES string of the molecule is COc1ccc(OCc2noc(-c3cccs3)n2)c([N+](=O)[O-])c1. The second kappa shape index (κ2) is 6.44. The van der Waals surface area contributed by atoms with Crippen LogP contribution in [-0.2, 0) is 6.61 Å². The zero-order chi connectivity index (χ0) is 16.2. The molecule has 0 aliphatic heterocycles. The van der Waals surface area contributed by atoms with Gasteiger partial charge in [0.1, 0.15) is 5.75 Å². The third-order valence-electron chi connectivity index (χ3n) is 2.92. The number of methoxy groups -OCH3 is 1. The molecule has 0 atom stereocenters. The van der Waals surface area contributed by atoms with Gasteiger partial charge in [-0.2, -0.15) is 4.98 Å². The molecule has 0 unspecified atom stereocenters. The highest BCUT2D eigenvalue weighted by Crippen LogP contribution is 2.31. The van der Waals surface area contributed by atoms with E-state index in [0.717, 1.165) is 4.88 Å². The Labute approximate surface area is 134 Å². The first-order valence-corrected chi connectivity index (χ1v) is 7.37. The Bertz CT molecular complexity index is 816. The summed E-state index contributed by atoms with van der Waals surface area (Å²) < 4.78 is 15.5. The Morgan fingerprint density at radius 3 is 2.96 bits per heavy atom. The summed E-state index contributed by atoms with van der Waals surface area (Å²) in [5.74, 6) is 1.18. The van der Waals surface area contributed by atoms with Crippen LogP contribution in [0.4, 0.5) is 5.69 Å². The van der Waals surface area contributed by atoms with E-state index in [9.17, 15) is 10.1 Å². The summed E-state index contributed by atoms with van der Waals surface area (Å²) in [4.78, 5) is 15.6. The molecule has 118 valence electrons. The molecule has 3 rings (SSSR count). The molecule has 0 radical (unpaired) electrons. The molecule has 2 aromatic heterocycles. The van der Waals surface area contributed by atoms with Crippen molar-refractivity contribution in [2.45, 2.75) is 6.61 Å². The van der Waals surface area contributed by atoms with Crippen molar-refractivity contribution in [3.05, 3.63) is 51.7 Å². The third-order valence-corrected chi connectivity index (χ3v) is 3.78. The largest absolute Gasteiger partial charge is 0.496 e. The molecule has 0 fully saturated rings. The number of nitro groups is 1. The lowest BCUT2D eigenvalue weighted by Gasteiger charge is -2.06. The fraction of sp³-hybridized carbons (Fsp3) is 0.143. The van der Waals surface area contributed by atoms with Gasteiger partial charge < -0.3 is 14.0 Å². The maximum Gasteiger partial charge on any atom is 0.314 e. The zero-order valence-electron chi connectivity index (χ0n) is 12.0. The Morgan fingerprint density at radius 2 is 2.26 bits per heavy atom. The van der Waals surface area contributed by atoms with Crippen molar-refractivity contribution in [3.8, 4) is 22.3 Å². The van der Waals surface area contributed by atoms with E-state index >= 15 is 0 Å². The first-order chi connectivity index (χ1) is 11.2. The van der Waals surface area contributed by atoms with Gasteiger partial charge >= 0.3 is 5.69 Å². The van der Waals surface area contributed by atoms with E-state index < -0.39 is 4.92 Å². The molecule has 8 nitrogen and oxygen atoms in total. The highest BCUT2D eigenvalue weighted by Gasteiger charge is 2.18. The molecular weight excluding hydrogens is 322 g/mol. The smallest absolute Gasteiger partial charge is 0.314 e. The second-order valence-corrected chi connectivity index (χ2v) is 5.32. The second-order valence-electron chi connectivity index (χ2n) is 4.37. The molecule has 1 aromatic carbocycles. The fourth-order valence-corrected chi connectivity index (χ4v) is 2.49. The summed E-state index contributed by atoms with van der Waals surface area (Å²) in [6.07, 6.45) is 0. The molecule has 0 saturated heterocycles. The van der Waals surface area contributed by atoms with E-state index in [2.05, 4.69) is 10.1 Å². The maximum absolute atomic E-state index is 11.1. The lowest BCUT2D eigenvalue weighted by atomic mass is 10.3. The minimum absolute atomic E-state index is 0.0396. The van der Waals surface area contributed by atoms with Crippen LogP contribution in [0.15, 0.2) is 40.2 Å². The average Bonchev–Trinajstić information content (AvgIpc) is 3.23. The van der Waals surface area contributed by atoms with Crippen molar-refractivity contribution in [3.63, 3.8) is 0 Å². The topological polar surface area (TPSA) is 101 Å². The fourth-order valence-electron chi connectivity index (χ4n) is 1.84. The summed E-state index contributed by atoms with van der Waals surface area (Å²) in [7, 11) is 1.44. The Hall–Kier alpha value is -2.94. The average molecular weight is 333 g/mol. The number of nitrogens with zero attached hydrogens (tertiary/aromatic N) is 3. The van der Waals surface area contributed by atoms with E-state index in [-0.39, 0.29) is 18.0 Å². The minimum atomic E-state index is -0.537. The first kappa shape index (κ1) is 15.0. The van der Waals surface area contributed by atoms with Gasteiger partial charge in [-0.25, -0.2) is 0 Å². The number of aromatic nitrogens is 2. The standard InChI is InChI=1S/C14H11N3O5S/c1-20-9-4-5-11(10(7-9)17(18)19)21-8-13-15-14(22-16-13)12-3-2-6-23-12/h2-7H,8H2,1H3. The van der Waals surface area contributed by atoms with Crippen LogP contribution in [0.3, 0.4) is 0 Å². The van der Waals surface area contributed by atoms with Gasteiger partial charge in [-0.3, -0.25) is 10.1 Å². The van der Waals surface area contributed by atoms with E-state index in [1.165, 1.54) is 30.6 Å². The van der Waals surface area contributed by atoms with Crippen LogP contribution in [0, 0.1) is 10.1 Å². The predicted octanol–water partition coefficient (Wildman–Crippen LogP) is 3.29. The van der Waals surface area contributed by atoms with E-state index in [4.69, 9.17) is 14.0 Å². The van der Waals surface area contributed by atoms with Crippen LogP contribution in [-0.4, -0.2) is 22.2 Å². The number of nitro benzene ring substituents is 1. The van der Waals surface area contributed by atoms with E-state index in [1.54, 1.807) is 6.07 Å². The number of hydrogen-bond donors (Lipinski definition) is 0. The van der Waals surface area contributed by atoms with Crippen molar-refractivity contribution < 1.29 is 18.9 Å². The molecular formula is C14H11N3O5S. The van der Waals surface area contributed by atoms with Gasteiger partial charge in [0.25, 0.3) is 5.89 Å². The van der Waals surface area contributed by atoms with Crippen molar-refractivity contribution in [1.29, 1.82) is 0 Å². The van der Waals surface area contributed by atoms with Gasteiger partial charge in [-0.05, 0) is 23.6 Å². The summed E-state index contributed by atoms with van der Waals surface area (Å²) in [6.45, 7) is -0.0396. The van der Waals surface area contributed by atoms with Gasteiger partial charge in [0.2, 0.25) is 5.82 Å². The van der Waals surface area contributed by atoms with Gasteiger partial charge in [0, 0.05) is 0 Å². The minimum Gasteiger partial charge on any atom is -0.496 e. The molecule has 2 heterocycles. The van der Waals surface area contributed by atoms with E-state index in [0.29, 0.717) is 17.5 Å². The maximum atomic E-state index is 11.1. The van der Waals surface area contributed by atoms with E-state index in [1.807, 2.05) is 17.5 Å². The lowest BCUT2D eigenvalue weighted by Crippen LogP contribution is -2.01. The Morgan fingerprint density at radius 1 is 1.39 bits per heavy atom. The molecule has 3 aromatic rings. The van der Waals surface area contributed by atoms with Gasteiger partial charge in [0.15, 0.2) is 12.4 Å². The number of hydrogen-bond acceptors (Lipinski definition) is 8. The molecule has 0 spiro atoms. The molecule has 0 bridgehead atoms. The summed E-state index contributed by atoms with van der Waals surface area (Å²) >= 11 is 1.47. The van der Waals surface area contributed by atoms with Gasteiger partial charge in [-0.1, -0.05) is 11.2 Å². The highest BCUT2D eigenvalue weighted by atomic mass is 32.1. The van der Waals surface area contributed by atoms with Gasteiger partial charge in [-0.15, -0.1) is 11.3 Å². The molecule has 0 amide bonds. The number of thiophene rings is 1.